The third-order valence-corrected chi connectivity index (χ3v) is 3.74. The van der Waals surface area contributed by atoms with Crippen molar-refractivity contribution in [3.05, 3.63) is 40.9 Å². The Morgan fingerprint density at radius 3 is 2.69 bits per heavy atom. The molecule has 84 valence electrons. The molecule has 1 heterocycles. The van der Waals surface area contributed by atoms with Gasteiger partial charge in [0.1, 0.15) is 0 Å². The van der Waals surface area contributed by atoms with Gasteiger partial charge in [-0.15, -0.1) is 0 Å². The van der Waals surface area contributed by atoms with Crippen LogP contribution in [-0.2, 0) is 4.79 Å². The molecule has 0 aliphatic carbocycles. The van der Waals surface area contributed by atoms with Crippen LogP contribution in [0.15, 0.2) is 40.3 Å². The summed E-state index contributed by atoms with van der Waals surface area (Å²) in [6.07, 6.45) is 1.90. The normalized spacial score (nSPS) is 22.1. The van der Waals surface area contributed by atoms with E-state index in [2.05, 4.69) is 6.07 Å². The summed E-state index contributed by atoms with van der Waals surface area (Å²) < 4.78 is 0. The summed E-state index contributed by atoms with van der Waals surface area (Å²) in [5.74, 6) is 0.195. The Morgan fingerprint density at radius 2 is 2.00 bits per heavy atom. The number of fused-ring (bicyclic) bond motifs is 1. The van der Waals surface area contributed by atoms with E-state index in [1.165, 1.54) is 4.90 Å². The van der Waals surface area contributed by atoms with Gasteiger partial charge in [-0.05, 0) is 11.6 Å². The van der Waals surface area contributed by atoms with Gasteiger partial charge in [0, 0.05) is 31.1 Å². The summed E-state index contributed by atoms with van der Waals surface area (Å²) in [4.78, 5) is 16.1. The quantitative estimate of drug-likeness (QED) is 0.696. The summed E-state index contributed by atoms with van der Waals surface area (Å²) in [5.41, 5.74) is 1.15. The zero-order chi connectivity index (χ0) is 11.7. The Labute approximate surface area is 100 Å². The number of nitrogens with zero attached hydrogens (tertiary/aromatic N) is 1. The molecule has 0 spiro atoms. The van der Waals surface area contributed by atoms with E-state index in [0.717, 1.165) is 10.5 Å². The van der Waals surface area contributed by atoms with Gasteiger partial charge in [-0.2, -0.15) is 0 Å². The van der Waals surface area contributed by atoms with Gasteiger partial charge < -0.3 is 4.90 Å². The largest absolute Gasteiger partial charge is 0.382 e. The second-order valence-corrected chi connectivity index (χ2v) is 5.27. The van der Waals surface area contributed by atoms with Crippen LogP contribution in [0.5, 0.6) is 0 Å². The number of thioether (sulfide) groups is 1. The Hall–Kier alpha value is -1.22. The minimum absolute atomic E-state index is 0.0244. The highest BCUT2D eigenvalue weighted by Crippen LogP contribution is 2.41. The smallest absolute Gasteiger partial charge is 0.178 e. The highest BCUT2D eigenvalue weighted by Gasteiger charge is 2.28. The molecule has 0 saturated heterocycles. The molecule has 0 aromatic heterocycles. The fourth-order valence-electron chi connectivity index (χ4n) is 1.78. The van der Waals surface area contributed by atoms with Gasteiger partial charge >= 0.3 is 0 Å². The highest BCUT2D eigenvalue weighted by atomic mass is 32.2. The van der Waals surface area contributed by atoms with Crippen LogP contribution >= 0.6 is 11.8 Å². The summed E-state index contributed by atoms with van der Waals surface area (Å²) in [6, 6.07) is 8.12. The highest BCUT2D eigenvalue weighted by molar-refractivity contribution is 8.04. The lowest BCUT2D eigenvalue weighted by molar-refractivity contribution is -0.116. The molecule has 1 aromatic carbocycles. The van der Waals surface area contributed by atoms with E-state index in [0.29, 0.717) is 0 Å². The van der Waals surface area contributed by atoms with Crippen LogP contribution in [0.2, 0.25) is 0 Å². The van der Waals surface area contributed by atoms with Crippen molar-refractivity contribution in [3.8, 4) is 0 Å². The molecule has 0 fully saturated rings. The second-order valence-electron chi connectivity index (χ2n) is 4.18. The van der Waals surface area contributed by atoms with Crippen LogP contribution in [-0.4, -0.2) is 24.8 Å². The first-order chi connectivity index (χ1) is 7.59. The first-order valence-electron chi connectivity index (χ1n) is 5.29. The summed E-state index contributed by atoms with van der Waals surface area (Å²) >= 11 is 1.57. The number of rotatable bonds is 1. The van der Waals surface area contributed by atoms with Gasteiger partial charge in [0.25, 0.3) is 0 Å². The van der Waals surface area contributed by atoms with Gasteiger partial charge in [-0.1, -0.05) is 36.9 Å². The molecule has 3 heteroatoms. The molecule has 0 radical (unpaired) electrons. The van der Waals surface area contributed by atoms with Crippen molar-refractivity contribution < 1.29 is 4.79 Å². The van der Waals surface area contributed by atoms with Crippen molar-refractivity contribution in [1.29, 1.82) is 0 Å². The first kappa shape index (κ1) is 11.3. The van der Waals surface area contributed by atoms with Crippen molar-refractivity contribution in [1.82, 2.24) is 4.90 Å². The van der Waals surface area contributed by atoms with E-state index in [9.17, 15) is 4.79 Å². The van der Waals surface area contributed by atoms with Gasteiger partial charge in [0.2, 0.25) is 0 Å². The fourth-order valence-corrected chi connectivity index (χ4v) is 3.07. The monoisotopic (exact) mass is 233 g/mol. The maximum atomic E-state index is 12.1. The molecule has 1 atom stereocenters. The number of hydrogen-bond acceptors (Lipinski definition) is 3. The molecular weight excluding hydrogens is 218 g/mol. The Morgan fingerprint density at radius 1 is 1.31 bits per heavy atom. The molecule has 0 saturated carbocycles. The number of carbonyl (C=O) groups is 1. The molecule has 2 rings (SSSR count). The van der Waals surface area contributed by atoms with Gasteiger partial charge in [-0.3, -0.25) is 4.79 Å². The lowest BCUT2D eigenvalue weighted by atomic mass is 9.96. The number of Topliss-reactive ketones (excluding diaryl/α,β-unsaturated/α-hetero) is 1. The molecule has 1 aliphatic heterocycles. The standard InChI is InChI=1S/C13H15NOS/c1-9-10-6-4-5-7-11(10)16-12(13(9)15)8-14(2)3/h4-9H,1-3H3/b12-8+. The maximum Gasteiger partial charge on any atom is 0.178 e. The number of benzene rings is 1. The van der Waals surface area contributed by atoms with Crippen LogP contribution in [0, 0.1) is 0 Å². The van der Waals surface area contributed by atoms with Crippen LogP contribution in [0.4, 0.5) is 0 Å². The van der Waals surface area contributed by atoms with Gasteiger partial charge in [0.15, 0.2) is 5.78 Å². The number of allylic oxidation sites excluding steroid dienone is 1. The molecule has 0 amide bonds. The maximum absolute atomic E-state index is 12.1. The summed E-state index contributed by atoms with van der Waals surface area (Å²) in [7, 11) is 3.87. The lowest BCUT2D eigenvalue weighted by Gasteiger charge is -2.23. The predicted molar refractivity (Wildman–Crippen MR) is 67.5 cm³/mol. The number of hydrogen-bond donors (Lipinski definition) is 0. The third-order valence-electron chi connectivity index (χ3n) is 2.62. The predicted octanol–water partition coefficient (Wildman–Crippen LogP) is 2.87. The first-order valence-corrected chi connectivity index (χ1v) is 6.10. The van der Waals surface area contributed by atoms with Crippen molar-refractivity contribution >= 4 is 17.5 Å². The SMILES string of the molecule is CC1C(=O)/C(=C\N(C)C)Sc2ccccc21. The van der Waals surface area contributed by atoms with Crippen molar-refractivity contribution in [2.45, 2.75) is 17.7 Å². The average Bonchev–Trinajstić information content (AvgIpc) is 2.25. The van der Waals surface area contributed by atoms with E-state index in [1.54, 1.807) is 11.8 Å². The molecule has 16 heavy (non-hydrogen) atoms. The number of ketones is 1. The van der Waals surface area contributed by atoms with E-state index in [4.69, 9.17) is 0 Å². The minimum atomic E-state index is -0.0244. The molecule has 1 aromatic rings. The topological polar surface area (TPSA) is 20.3 Å². The third kappa shape index (κ3) is 2.00. The summed E-state index contributed by atoms with van der Waals surface area (Å²) in [6.45, 7) is 1.98. The molecule has 0 N–H and O–H groups in total. The van der Waals surface area contributed by atoms with Crippen LogP contribution in [0.25, 0.3) is 0 Å². The second kappa shape index (κ2) is 4.34. The van der Waals surface area contributed by atoms with Crippen molar-refractivity contribution in [2.75, 3.05) is 14.1 Å². The number of carbonyl (C=O) groups excluding carboxylic acids is 1. The van der Waals surface area contributed by atoms with Crippen molar-refractivity contribution in [3.63, 3.8) is 0 Å². The Bertz CT molecular complexity index is 451. The fraction of sp³-hybridized carbons (Fsp3) is 0.308. The zero-order valence-corrected chi connectivity index (χ0v) is 10.5. The van der Waals surface area contributed by atoms with E-state index >= 15 is 0 Å². The molecular formula is C13H15NOS. The minimum Gasteiger partial charge on any atom is -0.382 e. The van der Waals surface area contributed by atoms with Gasteiger partial charge in [0.05, 0.1) is 4.91 Å². The Kier molecular flexibility index (Phi) is 3.06. The van der Waals surface area contributed by atoms with Crippen LogP contribution < -0.4 is 0 Å². The van der Waals surface area contributed by atoms with Crippen LogP contribution in [0.1, 0.15) is 18.4 Å². The van der Waals surface area contributed by atoms with Gasteiger partial charge in [-0.25, -0.2) is 0 Å². The zero-order valence-electron chi connectivity index (χ0n) is 9.73. The van der Waals surface area contributed by atoms with E-state index in [1.807, 2.05) is 50.3 Å². The molecule has 2 nitrogen and oxygen atoms in total. The summed E-state index contributed by atoms with van der Waals surface area (Å²) in [5, 5.41) is 0. The lowest BCUT2D eigenvalue weighted by Crippen LogP contribution is -2.17. The van der Waals surface area contributed by atoms with E-state index < -0.39 is 0 Å². The Balaban J connectivity index is 2.43. The van der Waals surface area contributed by atoms with Crippen LogP contribution in [0.3, 0.4) is 0 Å². The van der Waals surface area contributed by atoms with E-state index in [-0.39, 0.29) is 11.7 Å². The molecule has 1 aliphatic rings. The average molecular weight is 233 g/mol. The van der Waals surface area contributed by atoms with Crippen molar-refractivity contribution in [2.24, 2.45) is 0 Å². The molecule has 1 unspecified atom stereocenters. The molecule has 0 bridgehead atoms.